The van der Waals surface area contributed by atoms with Gasteiger partial charge in [-0.15, -0.1) is 0 Å². The molecule has 1 saturated heterocycles. The van der Waals surface area contributed by atoms with E-state index in [-0.39, 0.29) is 23.0 Å². The van der Waals surface area contributed by atoms with Crippen LogP contribution in [0.1, 0.15) is 13.8 Å². The first-order chi connectivity index (χ1) is 21.6. The molecule has 0 spiro atoms. The Morgan fingerprint density at radius 1 is 1.13 bits per heavy atom. The van der Waals surface area contributed by atoms with E-state index in [1.54, 1.807) is 36.7 Å². The molecule has 246 valence electrons. The first-order valence-corrected chi connectivity index (χ1v) is 13.7. The van der Waals surface area contributed by atoms with Gasteiger partial charge < -0.3 is 25.1 Å². The van der Waals surface area contributed by atoms with Gasteiger partial charge in [0, 0.05) is 48.1 Å². The molecule has 0 saturated carbocycles. The number of likely N-dealkylation sites (N-methyl/N-ethyl adjacent to an activating group) is 1. The first kappa shape index (κ1) is 33.9. The molecular weight excluding hydrogens is 613 g/mol. The summed E-state index contributed by atoms with van der Waals surface area (Å²) >= 11 is 0. The fourth-order valence-electron chi connectivity index (χ4n) is 4.32. The van der Waals surface area contributed by atoms with E-state index in [1.165, 1.54) is 25.0 Å². The van der Waals surface area contributed by atoms with Gasteiger partial charge in [0.25, 0.3) is 5.56 Å². The summed E-state index contributed by atoms with van der Waals surface area (Å²) < 4.78 is 51.6. The number of carboxylic acids is 1. The minimum absolute atomic E-state index is 0.0108. The topological polar surface area (TPSA) is 173 Å². The Balaban J connectivity index is 0.000000617. The first-order valence-electron chi connectivity index (χ1n) is 13.7. The molecular formula is C29H33F3N8O6. The van der Waals surface area contributed by atoms with Crippen molar-refractivity contribution in [1.82, 2.24) is 34.4 Å². The maximum atomic E-state index is 12.7. The fourth-order valence-corrected chi connectivity index (χ4v) is 4.32. The minimum Gasteiger partial charge on any atom is -0.497 e. The van der Waals surface area contributed by atoms with E-state index < -0.39 is 12.1 Å². The second-order valence-corrected chi connectivity index (χ2v) is 10.9. The third kappa shape index (κ3) is 7.97. The number of nitrogen functional groups attached to an aromatic ring is 1. The Morgan fingerprint density at radius 2 is 1.78 bits per heavy atom. The number of methoxy groups -OCH3 is 2. The van der Waals surface area contributed by atoms with Crippen molar-refractivity contribution in [3.05, 3.63) is 59.3 Å². The summed E-state index contributed by atoms with van der Waals surface area (Å²) in [7, 11) is 5.18. The Labute approximate surface area is 261 Å². The van der Waals surface area contributed by atoms with Gasteiger partial charge in [0.2, 0.25) is 0 Å². The van der Waals surface area contributed by atoms with E-state index in [1.807, 2.05) is 10.9 Å². The van der Waals surface area contributed by atoms with Crippen LogP contribution >= 0.6 is 0 Å². The van der Waals surface area contributed by atoms with Crippen molar-refractivity contribution in [2.24, 2.45) is 0 Å². The van der Waals surface area contributed by atoms with E-state index in [2.05, 4.69) is 41.0 Å². The number of ether oxygens (including phenoxy) is 3. The number of morpholine rings is 1. The number of benzene rings is 1. The van der Waals surface area contributed by atoms with E-state index in [9.17, 15) is 18.0 Å². The number of nitrogens with zero attached hydrogens (tertiary/aromatic N) is 7. The molecule has 1 aromatic carbocycles. The van der Waals surface area contributed by atoms with E-state index >= 15 is 0 Å². The zero-order chi connectivity index (χ0) is 33.8. The lowest BCUT2D eigenvalue weighted by Crippen LogP contribution is -2.54. The van der Waals surface area contributed by atoms with Crippen molar-refractivity contribution >= 4 is 11.8 Å². The monoisotopic (exact) mass is 646 g/mol. The van der Waals surface area contributed by atoms with Crippen molar-refractivity contribution in [3.63, 3.8) is 0 Å². The number of aromatic nitrogens is 6. The summed E-state index contributed by atoms with van der Waals surface area (Å²) in [5.74, 6) is -1.52. The van der Waals surface area contributed by atoms with Crippen molar-refractivity contribution in [2.45, 2.75) is 38.2 Å². The average molecular weight is 647 g/mol. The molecule has 46 heavy (non-hydrogen) atoms. The highest BCUT2D eigenvalue weighted by atomic mass is 19.4. The number of rotatable bonds is 7. The van der Waals surface area contributed by atoms with Crippen molar-refractivity contribution in [2.75, 3.05) is 40.2 Å². The second kappa shape index (κ2) is 13.5. The molecule has 1 aliphatic rings. The molecule has 0 unspecified atom stereocenters. The molecule has 1 atom stereocenters. The van der Waals surface area contributed by atoms with Crippen LogP contribution in [0, 0.1) is 0 Å². The standard InChI is InChI=1S/C27H32N8O4.C2HF3O2/c1-27(2)16-39-21(14-33(27)3)15-34-13-17(11-30-34)23-12-29-26(28)25(31-23)22-6-7-24(36)35(32-22)18-8-19(37-4)10-20(9-18)38-5;3-2(4,5)1(6)7/h6-13,21H,14-16H2,1-5H3,(H2,28,29);(H,6,7)/t21-;/m0./s1. The van der Waals surface area contributed by atoms with Crippen molar-refractivity contribution in [3.8, 4) is 39.8 Å². The summed E-state index contributed by atoms with van der Waals surface area (Å²) in [4.78, 5) is 33.0. The average Bonchev–Trinajstić information content (AvgIpc) is 3.47. The quantitative estimate of drug-likeness (QED) is 0.301. The van der Waals surface area contributed by atoms with Crippen LogP contribution in [0.15, 0.2) is 53.7 Å². The SMILES string of the molecule is COc1cc(OC)cc(-n2nc(-c3nc(-c4cnn(C[C@@H]5CN(C)C(C)(C)CO5)c4)cnc3N)ccc2=O)c1.O=C(O)C(F)(F)F. The van der Waals surface area contributed by atoms with Gasteiger partial charge >= 0.3 is 12.1 Å². The minimum atomic E-state index is -5.08. The summed E-state index contributed by atoms with van der Waals surface area (Å²) in [5.41, 5.74) is 8.44. The largest absolute Gasteiger partial charge is 0.497 e. The van der Waals surface area contributed by atoms with Gasteiger partial charge in [-0.1, -0.05) is 0 Å². The van der Waals surface area contributed by atoms with Crippen LogP contribution in [0.4, 0.5) is 19.0 Å². The lowest BCUT2D eigenvalue weighted by Gasteiger charge is -2.43. The summed E-state index contributed by atoms with van der Waals surface area (Å²) in [6.45, 7) is 6.43. The van der Waals surface area contributed by atoms with Crippen LogP contribution in [0.2, 0.25) is 0 Å². The number of carbonyl (C=O) groups is 1. The van der Waals surface area contributed by atoms with Gasteiger partial charge in [0.05, 0.1) is 57.3 Å². The maximum Gasteiger partial charge on any atom is 0.490 e. The Bertz CT molecular complexity index is 1740. The fraction of sp³-hybridized carbons (Fsp3) is 0.379. The summed E-state index contributed by atoms with van der Waals surface area (Å²) in [6.07, 6.45) is 0.182. The number of alkyl halides is 3. The predicted molar refractivity (Wildman–Crippen MR) is 160 cm³/mol. The summed E-state index contributed by atoms with van der Waals surface area (Å²) in [5, 5.41) is 16.2. The molecule has 4 heterocycles. The maximum absolute atomic E-state index is 12.7. The molecule has 17 heteroatoms. The molecule has 0 amide bonds. The number of hydrogen-bond donors (Lipinski definition) is 2. The third-order valence-electron chi connectivity index (χ3n) is 7.17. The molecule has 5 rings (SSSR count). The molecule has 0 aliphatic carbocycles. The van der Waals surface area contributed by atoms with Crippen LogP contribution in [-0.4, -0.2) is 97.7 Å². The number of nitrogens with two attached hydrogens (primary N) is 1. The van der Waals surface area contributed by atoms with Crippen LogP contribution in [-0.2, 0) is 16.1 Å². The summed E-state index contributed by atoms with van der Waals surface area (Å²) in [6, 6.07) is 8.07. The highest BCUT2D eigenvalue weighted by Crippen LogP contribution is 2.27. The molecule has 1 aliphatic heterocycles. The molecule has 4 aromatic rings. The van der Waals surface area contributed by atoms with Crippen molar-refractivity contribution < 1.29 is 37.3 Å². The van der Waals surface area contributed by atoms with Gasteiger partial charge in [-0.2, -0.15) is 28.1 Å². The van der Waals surface area contributed by atoms with Crippen LogP contribution in [0.3, 0.4) is 0 Å². The molecule has 1 fully saturated rings. The van der Waals surface area contributed by atoms with Crippen molar-refractivity contribution in [1.29, 1.82) is 0 Å². The van der Waals surface area contributed by atoms with Gasteiger partial charge in [-0.05, 0) is 27.0 Å². The number of anilines is 1. The van der Waals surface area contributed by atoms with Crippen LogP contribution < -0.4 is 20.8 Å². The van der Waals surface area contributed by atoms with Gasteiger partial charge in [0.1, 0.15) is 22.9 Å². The Morgan fingerprint density at radius 3 is 2.37 bits per heavy atom. The number of carboxylic acid groups (broad SMARTS) is 1. The highest BCUT2D eigenvalue weighted by Gasteiger charge is 2.38. The second-order valence-electron chi connectivity index (χ2n) is 10.9. The predicted octanol–water partition coefficient (Wildman–Crippen LogP) is 2.89. The lowest BCUT2D eigenvalue weighted by molar-refractivity contribution is -0.192. The molecule has 3 aromatic heterocycles. The normalized spacial score (nSPS) is 16.3. The number of halogens is 3. The van der Waals surface area contributed by atoms with E-state index in [0.717, 1.165) is 12.1 Å². The van der Waals surface area contributed by atoms with Crippen LogP contribution in [0.5, 0.6) is 11.5 Å². The lowest BCUT2D eigenvalue weighted by atomic mass is 10.0. The van der Waals surface area contributed by atoms with E-state index in [4.69, 9.17) is 34.8 Å². The van der Waals surface area contributed by atoms with E-state index in [0.29, 0.717) is 47.4 Å². The highest BCUT2D eigenvalue weighted by molar-refractivity contribution is 5.73. The Hall–Kier alpha value is -5.03. The Kier molecular flexibility index (Phi) is 9.96. The van der Waals surface area contributed by atoms with Gasteiger partial charge in [0.15, 0.2) is 5.82 Å². The van der Waals surface area contributed by atoms with Gasteiger partial charge in [-0.3, -0.25) is 14.4 Å². The zero-order valence-electron chi connectivity index (χ0n) is 25.6. The molecule has 14 nitrogen and oxygen atoms in total. The van der Waals surface area contributed by atoms with Gasteiger partial charge in [-0.25, -0.2) is 14.8 Å². The zero-order valence-corrected chi connectivity index (χ0v) is 25.6. The number of hydrogen-bond acceptors (Lipinski definition) is 11. The smallest absolute Gasteiger partial charge is 0.490 e. The number of aliphatic carboxylic acids is 1. The molecule has 0 radical (unpaired) electrons. The molecule has 0 bridgehead atoms. The molecule has 3 N–H and O–H groups in total. The van der Waals surface area contributed by atoms with Crippen LogP contribution in [0.25, 0.3) is 28.3 Å². The third-order valence-corrected chi connectivity index (χ3v) is 7.17.